The van der Waals surface area contributed by atoms with Crippen LogP contribution in [0.5, 0.6) is 0 Å². The van der Waals surface area contributed by atoms with Gasteiger partial charge < -0.3 is 10.6 Å². The van der Waals surface area contributed by atoms with Gasteiger partial charge in [-0.3, -0.25) is 14.9 Å². The summed E-state index contributed by atoms with van der Waals surface area (Å²) in [5, 5.41) is 6.88. The molecule has 5 heteroatoms. The van der Waals surface area contributed by atoms with Crippen LogP contribution in [0.2, 0.25) is 0 Å². The smallest absolute Gasteiger partial charge is 0.191 e. The van der Waals surface area contributed by atoms with Crippen molar-refractivity contribution in [3.8, 4) is 0 Å². The predicted molar refractivity (Wildman–Crippen MR) is 117 cm³/mol. The van der Waals surface area contributed by atoms with Gasteiger partial charge in [-0.05, 0) is 69.0 Å². The predicted octanol–water partition coefficient (Wildman–Crippen LogP) is 3.32. The minimum Gasteiger partial charge on any atom is -0.357 e. The van der Waals surface area contributed by atoms with E-state index in [0.29, 0.717) is 6.04 Å². The molecule has 1 aliphatic rings. The summed E-state index contributed by atoms with van der Waals surface area (Å²) in [6.45, 7) is 9.05. The molecule has 1 fully saturated rings. The number of guanidine groups is 1. The third kappa shape index (κ3) is 5.80. The van der Waals surface area contributed by atoms with Crippen LogP contribution in [-0.2, 0) is 6.42 Å². The zero-order valence-electron chi connectivity index (χ0n) is 17.2. The summed E-state index contributed by atoms with van der Waals surface area (Å²) in [7, 11) is 0. The Bertz CT molecular complexity index is 738. The zero-order chi connectivity index (χ0) is 19.6. The number of hydrogen-bond acceptors (Lipinski definition) is 3. The van der Waals surface area contributed by atoms with Crippen LogP contribution in [0.15, 0.2) is 53.8 Å². The van der Waals surface area contributed by atoms with E-state index in [1.807, 2.05) is 12.4 Å². The van der Waals surface area contributed by atoms with Gasteiger partial charge in [-0.1, -0.05) is 30.3 Å². The van der Waals surface area contributed by atoms with Gasteiger partial charge in [0.15, 0.2) is 5.96 Å². The fraction of sp³-hybridized carbons (Fsp3) is 0.478. The number of likely N-dealkylation sites (tertiary alicyclic amines) is 1. The Kier molecular flexibility index (Phi) is 7.85. The summed E-state index contributed by atoms with van der Waals surface area (Å²) < 4.78 is 0. The third-order valence-electron chi connectivity index (χ3n) is 5.36. The standard InChI is InChI=1S/C23H33N5/c1-3-25-23(26-14-12-20-11-13-24-17-19(20)2)27-18-22(28-15-7-8-16-28)21-9-5-4-6-10-21/h4-6,9-11,13,17,22H,3,7-8,12,14-16,18H2,1-2H3,(H2,25,26,27). The van der Waals surface area contributed by atoms with E-state index in [2.05, 4.69) is 70.8 Å². The molecular formula is C23H33N5. The highest BCUT2D eigenvalue weighted by molar-refractivity contribution is 5.79. The minimum absolute atomic E-state index is 0.349. The SMILES string of the molecule is CCNC(=NCC(c1ccccc1)N1CCCC1)NCCc1ccncc1C. The van der Waals surface area contributed by atoms with Crippen LogP contribution in [0.3, 0.4) is 0 Å². The van der Waals surface area contributed by atoms with Crippen molar-refractivity contribution in [2.45, 2.75) is 39.2 Å². The van der Waals surface area contributed by atoms with Crippen molar-refractivity contribution < 1.29 is 0 Å². The van der Waals surface area contributed by atoms with Gasteiger partial charge in [0.25, 0.3) is 0 Å². The molecule has 1 unspecified atom stereocenters. The van der Waals surface area contributed by atoms with Crippen molar-refractivity contribution in [3.05, 3.63) is 65.5 Å². The van der Waals surface area contributed by atoms with Crippen LogP contribution in [0.4, 0.5) is 0 Å². The molecule has 1 saturated heterocycles. The number of nitrogens with zero attached hydrogens (tertiary/aromatic N) is 3. The lowest BCUT2D eigenvalue weighted by Crippen LogP contribution is -2.39. The molecule has 5 nitrogen and oxygen atoms in total. The van der Waals surface area contributed by atoms with Crippen LogP contribution in [0, 0.1) is 6.92 Å². The molecule has 2 aromatic rings. The maximum Gasteiger partial charge on any atom is 0.191 e. The Morgan fingerprint density at radius 1 is 1.14 bits per heavy atom. The van der Waals surface area contributed by atoms with Crippen molar-refractivity contribution in [1.82, 2.24) is 20.5 Å². The first kappa shape index (κ1) is 20.3. The number of benzene rings is 1. The molecule has 28 heavy (non-hydrogen) atoms. The summed E-state index contributed by atoms with van der Waals surface area (Å²) in [5.41, 5.74) is 3.93. The molecule has 1 aromatic heterocycles. The molecule has 0 amide bonds. The van der Waals surface area contributed by atoms with E-state index in [9.17, 15) is 0 Å². The number of aliphatic imine (C=N–C) groups is 1. The highest BCUT2D eigenvalue weighted by Gasteiger charge is 2.23. The molecule has 0 aliphatic carbocycles. The van der Waals surface area contributed by atoms with Gasteiger partial charge in [0.2, 0.25) is 0 Å². The van der Waals surface area contributed by atoms with Crippen molar-refractivity contribution in [2.24, 2.45) is 4.99 Å². The van der Waals surface area contributed by atoms with E-state index in [-0.39, 0.29) is 0 Å². The van der Waals surface area contributed by atoms with Gasteiger partial charge in [-0.25, -0.2) is 0 Å². The van der Waals surface area contributed by atoms with Gasteiger partial charge in [0.1, 0.15) is 0 Å². The average Bonchev–Trinajstić information content (AvgIpc) is 3.25. The highest BCUT2D eigenvalue weighted by atomic mass is 15.2. The topological polar surface area (TPSA) is 52.6 Å². The van der Waals surface area contributed by atoms with E-state index in [4.69, 9.17) is 4.99 Å². The summed E-state index contributed by atoms with van der Waals surface area (Å²) in [5.74, 6) is 0.898. The first-order chi connectivity index (χ1) is 13.8. The van der Waals surface area contributed by atoms with Crippen LogP contribution in [-0.4, -0.2) is 48.6 Å². The van der Waals surface area contributed by atoms with Crippen molar-refractivity contribution in [3.63, 3.8) is 0 Å². The first-order valence-electron chi connectivity index (χ1n) is 10.5. The maximum absolute atomic E-state index is 4.93. The van der Waals surface area contributed by atoms with Gasteiger partial charge in [-0.2, -0.15) is 0 Å². The molecule has 1 atom stereocenters. The summed E-state index contributed by atoms with van der Waals surface area (Å²) >= 11 is 0. The molecule has 0 spiro atoms. The Hall–Kier alpha value is -2.40. The second kappa shape index (κ2) is 10.8. The van der Waals surface area contributed by atoms with E-state index in [1.165, 1.54) is 42.6 Å². The number of nitrogens with one attached hydrogen (secondary N) is 2. The number of pyridine rings is 1. The van der Waals surface area contributed by atoms with E-state index in [0.717, 1.165) is 32.0 Å². The molecule has 150 valence electrons. The molecule has 1 aromatic carbocycles. The van der Waals surface area contributed by atoms with Gasteiger partial charge in [-0.15, -0.1) is 0 Å². The van der Waals surface area contributed by atoms with Crippen LogP contribution in [0.25, 0.3) is 0 Å². The lowest BCUT2D eigenvalue weighted by atomic mass is 10.1. The monoisotopic (exact) mass is 379 g/mol. The average molecular weight is 380 g/mol. The fourth-order valence-corrected chi connectivity index (χ4v) is 3.78. The molecule has 0 radical (unpaired) electrons. The normalized spacial score (nSPS) is 16.1. The van der Waals surface area contributed by atoms with Crippen LogP contribution in [0.1, 0.15) is 42.5 Å². The summed E-state index contributed by atoms with van der Waals surface area (Å²) in [6, 6.07) is 13.2. The summed E-state index contributed by atoms with van der Waals surface area (Å²) in [4.78, 5) is 11.7. The number of hydrogen-bond donors (Lipinski definition) is 2. The molecular weight excluding hydrogens is 346 g/mol. The lowest BCUT2D eigenvalue weighted by molar-refractivity contribution is 0.251. The Balaban J connectivity index is 1.63. The fourth-order valence-electron chi connectivity index (χ4n) is 3.78. The molecule has 0 bridgehead atoms. The molecule has 2 heterocycles. The third-order valence-corrected chi connectivity index (χ3v) is 5.36. The quantitative estimate of drug-likeness (QED) is 0.546. The van der Waals surface area contributed by atoms with Crippen LogP contribution >= 0.6 is 0 Å². The van der Waals surface area contributed by atoms with E-state index in [1.54, 1.807) is 0 Å². The number of aromatic nitrogens is 1. The molecule has 1 aliphatic heterocycles. The molecule has 2 N–H and O–H groups in total. The van der Waals surface area contributed by atoms with E-state index >= 15 is 0 Å². The van der Waals surface area contributed by atoms with Crippen LogP contribution < -0.4 is 10.6 Å². The van der Waals surface area contributed by atoms with Crippen molar-refractivity contribution in [2.75, 3.05) is 32.7 Å². The van der Waals surface area contributed by atoms with Gasteiger partial charge in [0.05, 0.1) is 12.6 Å². The second-order valence-electron chi connectivity index (χ2n) is 7.37. The molecule has 3 rings (SSSR count). The first-order valence-corrected chi connectivity index (χ1v) is 10.5. The maximum atomic E-state index is 4.93. The largest absolute Gasteiger partial charge is 0.357 e. The number of rotatable bonds is 8. The number of aryl methyl sites for hydroxylation is 1. The zero-order valence-corrected chi connectivity index (χ0v) is 17.2. The Morgan fingerprint density at radius 3 is 2.64 bits per heavy atom. The van der Waals surface area contributed by atoms with Gasteiger partial charge >= 0.3 is 0 Å². The second-order valence-corrected chi connectivity index (χ2v) is 7.37. The van der Waals surface area contributed by atoms with Crippen molar-refractivity contribution >= 4 is 5.96 Å². The lowest BCUT2D eigenvalue weighted by Gasteiger charge is -2.27. The van der Waals surface area contributed by atoms with Crippen molar-refractivity contribution in [1.29, 1.82) is 0 Å². The Labute approximate surface area is 169 Å². The van der Waals surface area contributed by atoms with E-state index < -0.39 is 0 Å². The Morgan fingerprint density at radius 2 is 1.93 bits per heavy atom. The highest BCUT2D eigenvalue weighted by Crippen LogP contribution is 2.25. The molecule has 0 saturated carbocycles. The summed E-state index contributed by atoms with van der Waals surface area (Å²) in [6.07, 6.45) is 7.33. The minimum atomic E-state index is 0.349. The van der Waals surface area contributed by atoms with Gasteiger partial charge in [0, 0.05) is 25.5 Å².